The van der Waals surface area contributed by atoms with E-state index in [2.05, 4.69) is 26.8 Å². The molecule has 0 bridgehead atoms. The maximum absolute atomic E-state index is 11.9. The van der Waals surface area contributed by atoms with Crippen molar-refractivity contribution in [3.63, 3.8) is 0 Å². The number of fused-ring (bicyclic) bond motifs is 1. The van der Waals surface area contributed by atoms with Crippen LogP contribution < -0.4 is 0 Å². The van der Waals surface area contributed by atoms with Crippen LogP contribution in [-0.2, 0) is 15.5 Å². The molecule has 1 aliphatic carbocycles. The van der Waals surface area contributed by atoms with E-state index in [4.69, 9.17) is 0 Å². The molecule has 23 heavy (non-hydrogen) atoms. The van der Waals surface area contributed by atoms with Crippen LogP contribution in [0.3, 0.4) is 0 Å². The second-order valence-electron chi connectivity index (χ2n) is 6.71. The van der Waals surface area contributed by atoms with Crippen LogP contribution in [0.1, 0.15) is 51.7 Å². The summed E-state index contributed by atoms with van der Waals surface area (Å²) >= 11 is 0. The fraction of sp³-hybridized carbons (Fsp3) is 0.474. The molecule has 0 saturated heterocycles. The molecule has 2 unspecified atom stereocenters. The lowest BCUT2D eigenvalue weighted by atomic mass is 9.67. The van der Waals surface area contributed by atoms with Gasteiger partial charge < -0.3 is 0 Å². The summed E-state index contributed by atoms with van der Waals surface area (Å²) in [4.78, 5) is 0. The van der Waals surface area contributed by atoms with Crippen molar-refractivity contribution < 1.29 is 13.0 Å². The molecule has 2 atom stereocenters. The highest BCUT2D eigenvalue weighted by Gasteiger charge is 2.38. The molecule has 1 aromatic rings. The van der Waals surface area contributed by atoms with Gasteiger partial charge in [0.2, 0.25) is 0 Å². The summed E-state index contributed by atoms with van der Waals surface area (Å²) in [6, 6.07) is 8.08. The summed E-state index contributed by atoms with van der Waals surface area (Å²) in [7, 11) is -4.23. The van der Waals surface area contributed by atoms with Crippen molar-refractivity contribution in [2.24, 2.45) is 5.92 Å². The molecular weight excluding hydrogens is 308 g/mol. The number of allylic oxidation sites excluding steroid dienone is 1. The molecule has 1 N–H and O–H groups in total. The van der Waals surface area contributed by atoms with Crippen molar-refractivity contribution in [3.05, 3.63) is 53.6 Å². The highest BCUT2D eigenvalue weighted by molar-refractivity contribution is 7.87. The molecule has 2 rings (SSSR count). The zero-order valence-corrected chi connectivity index (χ0v) is 15.1. The van der Waals surface area contributed by atoms with Gasteiger partial charge in [-0.25, -0.2) is 0 Å². The van der Waals surface area contributed by atoms with Crippen LogP contribution in [0.4, 0.5) is 0 Å². The molecule has 126 valence electrons. The van der Waals surface area contributed by atoms with E-state index in [-0.39, 0.29) is 5.41 Å². The van der Waals surface area contributed by atoms with Gasteiger partial charge in [-0.05, 0) is 24.0 Å². The summed E-state index contributed by atoms with van der Waals surface area (Å²) in [5, 5.41) is 0. The average Bonchev–Trinajstić information content (AvgIpc) is 2.50. The van der Waals surface area contributed by atoms with Crippen LogP contribution in [-0.4, -0.2) is 17.7 Å². The molecule has 0 spiro atoms. The molecule has 4 heteroatoms. The second kappa shape index (κ2) is 6.25. The molecule has 0 heterocycles. The highest BCUT2D eigenvalue weighted by Crippen LogP contribution is 2.42. The molecule has 0 aliphatic heterocycles. The predicted octanol–water partition coefficient (Wildman–Crippen LogP) is 4.61. The summed E-state index contributed by atoms with van der Waals surface area (Å²) < 4.78 is 32.0. The Morgan fingerprint density at radius 3 is 2.22 bits per heavy atom. The van der Waals surface area contributed by atoms with Crippen LogP contribution >= 0.6 is 0 Å². The van der Waals surface area contributed by atoms with Gasteiger partial charge in [0, 0.05) is 5.41 Å². The van der Waals surface area contributed by atoms with Gasteiger partial charge in [0.1, 0.15) is 4.75 Å². The van der Waals surface area contributed by atoms with Gasteiger partial charge in [0.05, 0.1) is 0 Å². The third-order valence-electron chi connectivity index (χ3n) is 5.28. The van der Waals surface area contributed by atoms with Crippen molar-refractivity contribution in [2.45, 2.75) is 50.7 Å². The van der Waals surface area contributed by atoms with E-state index >= 15 is 0 Å². The largest absolute Gasteiger partial charge is 0.285 e. The van der Waals surface area contributed by atoms with Gasteiger partial charge in [-0.3, -0.25) is 4.55 Å². The molecule has 1 aliphatic rings. The topological polar surface area (TPSA) is 54.4 Å². The van der Waals surface area contributed by atoms with Gasteiger partial charge in [-0.1, -0.05) is 82.2 Å². The van der Waals surface area contributed by atoms with E-state index < -0.39 is 14.9 Å². The predicted molar refractivity (Wildman–Crippen MR) is 96.0 cm³/mol. The lowest BCUT2D eigenvalue weighted by Crippen LogP contribution is -2.35. The minimum absolute atomic E-state index is 0.281. The van der Waals surface area contributed by atoms with Gasteiger partial charge in [-0.2, -0.15) is 8.42 Å². The number of hydrogen-bond donors (Lipinski definition) is 1. The maximum Gasteiger partial charge on any atom is 0.277 e. The normalized spacial score (nSPS) is 30.3. The monoisotopic (exact) mass is 334 g/mol. The smallest absolute Gasteiger partial charge is 0.277 e. The van der Waals surface area contributed by atoms with E-state index in [1.165, 1.54) is 12.5 Å². The first-order chi connectivity index (χ1) is 10.7. The van der Waals surface area contributed by atoms with Crippen LogP contribution in [0.25, 0.3) is 6.08 Å². The molecule has 0 aromatic heterocycles. The molecular formula is C19H26O3S. The quantitative estimate of drug-likeness (QED) is 0.646. The Labute approximate surface area is 139 Å². The Bertz CT molecular complexity index is 729. The highest BCUT2D eigenvalue weighted by atomic mass is 32.2. The van der Waals surface area contributed by atoms with E-state index in [1.54, 1.807) is 12.2 Å². The van der Waals surface area contributed by atoms with Crippen molar-refractivity contribution in [1.29, 1.82) is 0 Å². The number of hydrogen-bond acceptors (Lipinski definition) is 2. The zero-order valence-electron chi connectivity index (χ0n) is 14.3. The Kier molecular flexibility index (Phi) is 4.88. The van der Waals surface area contributed by atoms with E-state index in [0.717, 1.165) is 18.4 Å². The lowest BCUT2D eigenvalue weighted by molar-refractivity contribution is 0.333. The Balaban J connectivity index is 2.75. The van der Waals surface area contributed by atoms with E-state index in [0.29, 0.717) is 5.92 Å². The molecule has 0 saturated carbocycles. The number of rotatable bonds is 4. The first-order valence-electron chi connectivity index (χ1n) is 8.14. The van der Waals surface area contributed by atoms with Gasteiger partial charge in [0.15, 0.2) is 0 Å². The summed E-state index contributed by atoms with van der Waals surface area (Å²) in [6.45, 7) is 8.00. The third kappa shape index (κ3) is 3.15. The molecule has 0 radical (unpaired) electrons. The Morgan fingerprint density at radius 1 is 1.04 bits per heavy atom. The average molecular weight is 334 g/mol. The van der Waals surface area contributed by atoms with Gasteiger partial charge >= 0.3 is 0 Å². The molecule has 1 aromatic carbocycles. The lowest BCUT2D eigenvalue weighted by Gasteiger charge is -2.38. The van der Waals surface area contributed by atoms with Crippen LogP contribution in [0, 0.1) is 5.92 Å². The first kappa shape index (κ1) is 18.0. The van der Waals surface area contributed by atoms with Crippen molar-refractivity contribution >= 4 is 16.2 Å². The fourth-order valence-corrected chi connectivity index (χ4v) is 4.02. The Morgan fingerprint density at radius 2 is 1.65 bits per heavy atom. The summed E-state index contributed by atoms with van der Waals surface area (Å²) in [5.41, 5.74) is 1.91. The minimum Gasteiger partial charge on any atom is -0.285 e. The van der Waals surface area contributed by atoms with Crippen LogP contribution in [0.5, 0.6) is 0 Å². The first-order valence-corrected chi connectivity index (χ1v) is 9.58. The summed E-state index contributed by atoms with van der Waals surface area (Å²) in [6.07, 6.45) is 8.97. The van der Waals surface area contributed by atoms with Gasteiger partial charge in [0.25, 0.3) is 10.1 Å². The van der Waals surface area contributed by atoms with Crippen molar-refractivity contribution in [3.8, 4) is 0 Å². The zero-order chi connectivity index (χ0) is 17.3. The van der Waals surface area contributed by atoms with Gasteiger partial charge in [-0.15, -0.1) is 0 Å². The maximum atomic E-state index is 11.9. The van der Waals surface area contributed by atoms with Crippen LogP contribution in [0.2, 0.25) is 0 Å². The standard InChI is InChI=1S/C19H26O3S/c1-5-16(6-2)19(4)14-13-18(3,23(20,21)22)12-11-15-9-7-8-10-17(15)19/h7-14,16H,5-6H2,1-4H3,(H,20,21,22)/b12-11-,14-13-. The molecule has 3 nitrogen and oxygen atoms in total. The van der Waals surface area contributed by atoms with E-state index in [1.807, 2.05) is 30.4 Å². The van der Waals surface area contributed by atoms with E-state index in [9.17, 15) is 13.0 Å². The SMILES string of the molecule is CCC(CC)C1(C)/C=C\C(C)(S(=O)(=O)O)/C=C\c2ccccc21. The third-order valence-corrected chi connectivity index (χ3v) is 6.67. The summed E-state index contributed by atoms with van der Waals surface area (Å²) in [5.74, 6) is 0.386. The number of benzene rings is 1. The van der Waals surface area contributed by atoms with Crippen molar-refractivity contribution in [2.75, 3.05) is 0 Å². The second-order valence-corrected chi connectivity index (χ2v) is 8.54. The molecule has 0 amide bonds. The van der Waals surface area contributed by atoms with Crippen LogP contribution in [0.15, 0.2) is 42.5 Å². The minimum atomic E-state index is -4.23. The molecule has 0 fully saturated rings. The fourth-order valence-electron chi connectivity index (χ4n) is 3.54. The van der Waals surface area contributed by atoms with Crippen molar-refractivity contribution in [1.82, 2.24) is 0 Å². The Hall–Kier alpha value is -1.39.